The lowest BCUT2D eigenvalue weighted by atomic mass is 10.2. The lowest BCUT2D eigenvalue weighted by Gasteiger charge is -2.11. The summed E-state index contributed by atoms with van der Waals surface area (Å²) in [4.78, 5) is 0.144. The van der Waals surface area contributed by atoms with Gasteiger partial charge in [0.1, 0.15) is 10.8 Å². The Bertz CT molecular complexity index is 804. The van der Waals surface area contributed by atoms with E-state index in [4.69, 9.17) is 18.0 Å². The van der Waals surface area contributed by atoms with Gasteiger partial charge < -0.3 is 5.73 Å². The Morgan fingerprint density at radius 1 is 1.24 bits per heavy atom. The quantitative estimate of drug-likeness (QED) is 0.848. The number of anilines is 1. The molecule has 2 aromatic rings. The van der Waals surface area contributed by atoms with Gasteiger partial charge in [-0.15, -0.1) is 0 Å². The summed E-state index contributed by atoms with van der Waals surface area (Å²) < 4.78 is 40.7. The summed E-state index contributed by atoms with van der Waals surface area (Å²) in [5.74, 6) is -0.738. The smallest absolute Gasteiger partial charge is 0.262 e. The minimum Gasteiger partial charge on any atom is -0.389 e. The maximum atomic E-state index is 13.9. The highest BCUT2D eigenvalue weighted by atomic mass is 32.2. The fourth-order valence-corrected chi connectivity index (χ4v) is 3.25. The van der Waals surface area contributed by atoms with Crippen molar-refractivity contribution >= 4 is 32.9 Å². The van der Waals surface area contributed by atoms with Gasteiger partial charge in [0.15, 0.2) is 0 Å². The Morgan fingerprint density at radius 3 is 2.48 bits per heavy atom. The molecule has 3 N–H and O–H groups in total. The molecule has 2 rings (SSSR count). The van der Waals surface area contributed by atoms with Crippen molar-refractivity contribution in [2.24, 2.45) is 5.73 Å². The molecule has 2 aromatic carbocycles. The number of sulfonamides is 1. The van der Waals surface area contributed by atoms with Crippen molar-refractivity contribution < 1.29 is 12.8 Å². The first-order valence-electron chi connectivity index (χ1n) is 5.99. The first kappa shape index (κ1) is 15.4. The summed E-state index contributed by atoms with van der Waals surface area (Å²) in [5.41, 5.74) is 6.15. The monoisotopic (exact) mass is 324 g/mol. The number of hydrogen-bond acceptors (Lipinski definition) is 3. The first-order valence-corrected chi connectivity index (χ1v) is 7.88. The molecular weight excluding hydrogens is 311 g/mol. The maximum Gasteiger partial charge on any atom is 0.262 e. The molecule has 110 valence electrons. The topological polar surface area (TPSA) is 72.2 Å². The van der Waals surface area contributed by atoms with E-state index in [2.05, 4.69) is 4.72 Å². The second-order valence-electron chi connectivity index (χ2n) is 4.43. The van der Waals surface area contributed by atoms with Crippen molar-refractivity contribution in [3.8, 4) is 0 Å². The fourth-order valence-electron chi connectivity index (χ4n) is 1.81. The van der Waals surface area contributed by atoms with Crippen molar-refractivity contribution in [3.63, 3.8) is 0 Å². The van der Waals surface area contributed by atoms with Crippen molar-refractivity contribution in [3.05, 3.63) is 59.4 Å². The van der Waals surface area contributed by atoms with E-state index < -0.39 is 15.8 Å². The molecule has 0 bridgehead atoms. The van der Waals surface area contributed by atoms with Gasteiger partial charge in [-0.3, -0.25) is 4.72 Å². The van der Waals surface area contributed by atoms with Crippen LogP contribution in [0, 0.1) is 12.7 Å². The lowest BCUT2D eigenvalue weighted by molar-refractivity contribution is 0.598. The van der Waals surface area contributed by atoms with E-state index in [1.165, 1.54) is 18.2 Å². The van der Waals surface area contributed by atoms with Gasteiger partial charge in [-0.25, -0.2) is 12.8 Å². The van der Waals surface area contributed by atoms with Crippen LogP contribution in [0.3, 0.4) is 0 Å². The molecule has 21 heavy (non-hydrogen) atoms. The van der Waals surface area contributed by atoms with Crippen LogP contribution in [0.2, 0.25) is 0 Å². The molecule has 0 unspecified atom stereocenters. The summed E-state index contributed by atoms with van der Waals surface area (Å²) in [6.45, 7) is 1.67. The maximum absolute atomic E-state index is 13.9. The molecular formula is C14H13FN2O2S2. The van der Waals surface area contributed by atoms with Gasteiger partial charge in [-0.05, 0) is 36.8 Å². The minimum atomic E-state index is -3.85. The van der Waals surface area contributed by atoms with E-state index in [0.717, 1.165) is 6.07 Å². The largest absolute Gasteiger partial charge is 0.389 e. The Hall–Kier alpha value is -1.99. The highest BCUT2D eigenvalue weighted by Gasteiger charge is 2.18. The summed E-state index contributed by atoms with van der Waals surface area (Å²) in [6, 6.07) is 10.3. The molecule has 0 aliphatic carbocycles. The zero-order chi connectivity index (χ0) is 15.6. The molecule has 0 aliphatic heterocycles. The fraction of sp³-hybridized carbons (Fsp3) is 0.0714. The van der Waals surface area contributed by atoms with Crippen LogP contribution in [0.5, 0.6) is 0 Å². The third-order valence-electron chi connectivity index (χ3n) is 2.88. The van der Waals surface area contributed by atoms with E-state index in [0.29, 0.717) is 11.1 Å². The van der Waals surface area contributed by atoms with Crippen LogP contribution >= 0.6 is 12.2 Å². The Morgan fingerprint density at radius 2 is 1.90 bits per heavy atom. The van der Waals surface area contributed by atoms with Gasteiger partial charge in [0.2, 0.25) is 0 Å². The number of halogens is 1. The van der Waals surface area contributed by atoms with Crippen LogP contribution in [-0.2, 0) is 10.0 Å². The van der Waals surface area contributed by atoms with E-state index >= 15 is 0 Å². The average Bonchev–Trinajstić information content (AvgIpc) is 2.41. The number of thiocarbonyl (C=S) groups is 1. The van der Waals surface area contributed by atoms with Crippen LogP contribution in [0.4, 0.5) is 10.1 Å². The van der Waals surface area contributed by atoms with Crippen LogP contribution < -0.4 is 10.5 Å². The number of rotatable bonds is 4. The normalized spacial score (nSPS) is 11.1. The SMILES string of the molecule is Cc1ccccc1S(=O)(=O)Nc1ccc(C(N)=S)cc1F. The van der Waals surface area contributed by atoms with Crippen LogP contribution in [0.1, 0.15) is 11.1 Å². The molecule has 0 atom stereocenters. The molecule has 0 amide bonds. The number of nitrogens with two attached hydrogens (primary N) is 1. The number of nitrogens with one attached hydrogen (secondary N) is 1. The van der Waals surface area contributed by atoms with Gasteiger partial charge in [-0.1, -0.05) is 30.4 Å². The van der Waals surface area contributed by atoms with E-state index in [-0.39, 0.29) is 15.6 Å². The third-order valence-corrected chi connectivity index (χ3v) is 4.64. The summed E-state index contributed by atoms with van der Waals surface area (Å²) in [5, 5.41) is 0. The second kappa shape index (κ2) is 5.79. The Labute approximate surface area is 127 Å². The van der Waals surface area contributed by atoms with Gasteiger partial charge in [0.25, 0.3) is 10.0 Å². The number of aryl methyl sites for hydroxylation is 1. The molecule has 0 aliphatic rings. The lowest BCUT2D eigenvalue weighted by Crippen LogP contribution is -2.16. The zero-order valence-electron chi connectivity index (χ0n) is 11.1. The van der Waals surface area contributed by atoms with Crippen LogP contribution in [0.25, 0.3) is 0 Å². The molecule has 0 spiro atoms. The Balaban J connectivity index is 2.38. The van der Waals surface area contributed by atoms with Crippen molar-refractivity contribution in [1.82, 2.24) is 0 Å². The van der Waals surface area contributed by atoms with Crippen LogP contribution in [0.15, 0.2) is 47.4 Å². The molecule has 0 radical (unpaired) electrons. The van der Waals surface area contributed by atoms with E-state index in [1.807, 2.05) is 0 Å². The first-order chi connectivity index (χ1) is 9.81. The van der Waals surface area contributed by atoms with Gasteiger partial charge in [0.05, 0.1) is 10.6 Å². The molecule has 0 saturated heterocycles. The van der Waals surface area contributed by atoms with E-state index in [9.17, 15) is 12.8 Å². The van der Waals surface area contributed by atoms with Crippen LogP contribution in [-0.4, -0.2) is 13.4 Å². The predicted octanol–water partition coefficient (Wildman–Crippen LogP) is 2.57. The molecule has 0 saturated carbocycles. The van der Waals surface area contributed by atoms with Gasteiger partial charge >= 0.3 is 0 Å². The standard InChI is InChI=1S/C14H13FN2O2S2/c1-9-4-2-3-5-13(9)21(18,19)17-12-7-6-10(14(16)20)8-11(12)15/h2-8,17H,1H3,(H2,16,20). The summed E-state index contributed by atoms with van der Waals surface area (Å²) >= 11 is 4.74. The predicted molar refractivity (Wildman–Crippen MR) is 84.3 cm³/mol. The zero-order valence-corrected chi connectivity index (χ0v) is 12.8. The molecule has 4 nitrogen and oxygen atoms in total. The molecule has 0 fully saturated rings. The van der Waals surface area contributed by atoms with Gasteiger partial charge in [0, 0.05) is 5.56 Å². The minimum absolute atomic E-state index is 0.0437. The highest BCUT2D eigenvalue weighted by Crippen LogP contribution is 2.22. The molecule has 0 heterocycles. The van der Waals surface area contributed by atoms with Crippen molar-refractivity contribution in [2.75, 3.05) is 4.72 Å². The highest BCUT2D eigenvalue weighted by molar-refractivity contribution is 7.92. The Kier molecular flexibility index (Phi) is 4.24. The third kappa shape index (κ3) is 3.37. The van der Waals surface area contributed by atoms with Gasteiger partial charge in [-0.2, -0.15) is 0 Å². The van der Waals surface area contributed by atoms with Crippen molar-refractivity contribution in [1.29, 1.82) is 0 Å². The summed E-state index contributed by atoms with van der Waals surface area (Å²) in [7, 11) is -3.85. The summed E-state index contributed by atoms with van der Waals surface area (Å²) in [6.07, 6.45) is 0. The average molecular weight is 324 g/mol. The van der Waals surface area contributed by atoms with Crippen molar-refractivity contribution in [2.45, 2.75) is 11.8 Å². The number of benzene rings is 2. The second-order valence-corrected chi connectivity index (χ2v) is 6.52. The molecule has 7 heteroatoms. The number of hydrogen-bond donors (Lipinski definition) is 2. The van der Waals surface area contributed by atoms with E-state index in [1.54, 1.807) is 25.1 Å². The molecule has 0 aromatic heterocycles.